The molecule has 0 spiro atoms. The van der Waals surface area contributed by atoms with Crippen molar-refractivity contribution in [2.45, 2.75) is 46.0 Å². The van der Waals surface area contributed by atoms with Gasteiger partial charge in [0.15, 0.2) is 0 Å². The zero-order chi connectivity index (χ0) is 15.1. The monoisotopic (exact) mass is 289 g/mol. The number of nitrogens with one attached hydrogen (secondary N) is 2. The van der Waals surface area contributed by atoms with E-state index in [0.29, 0.717) is 12.2 Å². The van der Waals surface area contributed by atoms with E-state index in [2.05, 4.69) is 22.5 Å². The number of amides is 1. The lowest BCUT2D eigenvalue weighted by Crippen LogP contribution is -2.24. The molecule has 116 valence electrons. The van der Waals surface area contributed by atoms with Crippen LogP contribution in [0.3, 0.4) is 0 Å². The van der Waals surface area contributed by atoms with Crippen LogP contribution in [0.25, 0.3) is 0 Å². The van der Waals surface area contributed by atoms with Crippen LogP contribution >= 0.6 is 0 Å². The van der Waals surface area contributed by atoms with Gasteiger partial charge in [0.1, 0.15) is 5.69 Å². The minimum Gasteiger partial charge on any atom is -0.385 e. The van der Waals surface area contributed by atoms with Gasteiger partial charge in [-0.25, -0.2) is 0 Å². The minimum absolute atomic E-state index is 0.107. The van der Waals surface area contributed by atoms with Crippen molar-refractivity contribution in [3.8, 4) is 0 Å². The second-order valence-corrected chi connectivity index (χ2v) is 5.97. The van der Waals surface area contributed by atoms with Gasteiger partial charge >= 0.3 is 0 Å². The van der Waals surface area contributed by atoms with Crippen molar-refractivity contribution >= 4 is 11.6 Å². The first-order valence-electron chi connectivity index (χ1n) is 8.21. The molecule has 0 unspecified atom stereocenters. The fourth-order valence-corrected chi connectivity index (χ4v) is 3.02. The second kappa shape index (κ2) is 8.01. The molecule has 2 N–H and O–H groups in total. The number of carbonyl (C=O) groups is 1. The standard InChI is InChI=1S/C17H27N3O/c1-3-13-5-7-14(8-6-13)12-20-15-9-10-19-16(11-15)17(21)18-4-2/h9-11,13-14H,3-8,12H2,1-2H3,(H,18,21)(H,19,20). The van der Waals surface area contributed by atoms with E-state index in [-0.39, 0.29) is 5.91 Å². The SMILES string of the molecule is CCNC(=O)c1cc(NCC2CCC(CC)CC2)ccn1. The van der Waals surface area contributed by atoms with Gasteiger partial charge in [-0.3, -0.25) is 9.78 Å². The Labute approximate surface area is 127 Å². The summed E-state index contributed by atoms with van der Waals surface area (Å²) in [6.07, 6.45) is 8.38. The van der Waals surface area contributed by atoms with Crippen LogP contribution in [-0.2, 0) is 0 Å². The van der Waals surface area contributed by atoms with Crippen molar-refractivity contribution < 1.29 is 4.79 Å². The molecule has 0 aliphatic heterocycles. The highest BCUT2D eigenvalue weighted by Crippen LogP contribution is 2.30. The molecule has 0 aromatic carbocycles. The van der Waals surface area contributed by atoms with Crippen LogP contribution in [0.5, 0.6) is 0 Å². The number of nitrogens with zero attached hydrogens (tertiary/aromatic N) is 1. The van der Waals surface area contributed by atoms with Crippen LogP contribution < -0.4 is 10.6 Å². The van der Waals surface area contributed by atoms with E-state index < -0.39 is 0 Å². The molecule has 1 saturated carbocycles. The molecule has 1 fully saturated rings. The summed E-state index contributed by atoms with van der Waals surface area (Å²) in [5.74, 6) is 1.59. The van der Waals surface area contributed by atoms with Gasteiger partial charge in [0.25, 0.3) is 5.91 Å². The van der Waals surface area contributed by atoms with E-state index in [1.807, 2.05) is 19.1 Å². The summed E-state index contributed by atoms with van der Waals surface area (Å²) >= 11 is 0. The Morgan fingerprint density at radius 2 is 1.95 bits per heavy atom. The molecule has 0 saturated heterocycles. The Morgan fingerprint density at radius 3 is 2.62 bits per heavy atom. The maximum atomic E-state index is 11.8. The maximum absolute atomic E-state index is 11.8. The smallest absolute Gasteiger partial charge is 0.269 e. The highest BCUT2D eigenvalue weighted by Gasteiger charge is 2.19. The van der Waals surface area contributed by atoms with Gasteiger partial charge in [0, 0.05) is 25.0 Å². The third kappa shape index (κ3) is 4.73. The Balaban J connectivity index is 1.83. The Kier molecular flexibility index (Phi) is 6.03. The summed E-state index contributed by atoms with van der Waals surface area (Å²) in [7, 11) is 0. The normalized spacial score (nSPS) is 21.8. The van der Waals surface area contributed by atoms with Crippen molar-refractivity contribution in [1.29, 1.82) is 0 Å². The third-order valence-electron chi connectivity index (χ3n) is 4.47. The van der Waals surface area contributed by atoms with Gasteiger partial charge in [-0.15, -0.1) is 0 Å². The van der Waals surface area contributed by atoms with Crippen LogP contribution in [0.15, 0.2) is 18.3 Å². The van der Waals surface area contributed by atoms with Crippen molar-refractivity contribution in [3.63, 3.8) is 0 Å². The van der Waals surface area contributed by atoms with Gasteiger partial charge in [-0.05, 0) is 43.7 Å². The van der Waals surface area contributed by atoms with Crippen LogP contribution in [0.1, 0.15) is 56.4 Å². The lowest BCUT2D eigenvalue weighted by atomic mass is 9.81. The highest BCUT2D eigenvalue weighted by molar-refractivity contribution is 5.93. The fraction of sp³-hybridized carbons (Fsp3) is 0.647. The van der Waals surface area contributed by atoms with Gasteiger partial charge in [-0.1, -0.05) is 26.2 Å². The lowest BCUT2D eigenvalue weighted by Gasteiger charge is -2.28. The van der Waals surface area contributed by atoms with Crippen LogP contribution in [-0.4, -0.2) is 24.0 Å². The number of rotatable bonds is 6. The molecule has 4 heteroatoms. The zero-order valence-corrected chi connectivity index (χ0v) is 13.2. The lowest BCUT2D eigenvalue weighted by molar-refractivity contribution is 0.0951. The summed E-state index contributed by atoms with van der Waals surface area (Å²) in [6.45, 7) is 5.82. The number of carbonyl (C=O) groups excluding carboxylic acids is 1. The number of aromatic nitrogens is 1. The van der Waals surface area contributed by atoms with E-state index in [1.54, 1.807) is 6.20 Å². The second-order valence-electron chi connectivity index (χ2n) is 5.97. The van der Waals surface area contributed by atoms with Crippen molar-refractivity contribution in [3.05, 3.63) is 24.0 Å². The topological polar surface area (TPSA) is 54.0 Å². The molecule has 1 aromatic rings. The van der Waals surface area contributed by atoms with Gasteiger partial charge < -0.3 is 10.6 Å². The number of hydrogen-bond acceptors (Lipinski definition) is 3. The third-order valence-corrected chi connectivity index (χ3v) is 4.47. The number of hydrogen-bond donors (Lipinski definition) is 2. The highest BCUT2D eigenvalue weighted by atomic mass is 16.1. The summed E-state index contributed by atoms with van der Waals surface area (Å²) in [5.41, 5.74) is 1.47. The van der Waals surface area contributed by atoms with Gasteiger partial charge in [0.05, 0.1) is 0 Å². The van der Waals surface area contributed by atoms with Crippen LogP contribution in [0.4, 0.5) is 5.69 Å². The first-order valence-corrected chi connectivity index (χ1v) is 8.21. The molecule has 4 nitrogen and oxygen atoms in total. The number of pyridine rings is 1. The van der Waals surface area contributed by atoms with Crippen molar-refractivity contribution in [2.75, 3.05) is 18.4 Å². The molecule has 21 heavy (non-hydrogen) atoms. The largest absolute Gasteiger partial charge is 0.385 e. The predicted octanol–water partition coefficient (Wildman–Crippen LogP) is 3.46. The zero-order valence-electron chi connectivity index (χ0n) is 13.2. The summed E-state index contributed by atoms with van der Waals surface area (Å²) in [5, 5.41) is 6.24. The number of anilines is 1. The first kappa shape index (κ1) is 15.8. The van der Waals surface area contributed by atoms with Gasteiger partial charge in [-0.2, -0.15) is 0 Å². The van der Waals surface area contributed by atoms with Crippen LogP contribution in [0, 0.1) is 11.8 Å². The van der Waals surface area contributed by atoms with Gasteiger partial charge in [0.2, 0.25) is 0 Å². The average Bonchev–Trinajstić information content (AvgIpc) is 2.54. The molecular formula is C17H27N3O. The Morgan fingerprint density at radius 1 is 1.24 bits per heavy atom. The minimum atomic E-state index is -0.107. The Hall–Kier alpha value is -1.58. The van der Waals surface area contributed by atoms with Crippen molar-refractivity contribution in [1.82, 2.24) is 10.3 Å². The molecule has 0 radical (unpaired) electrons. The van der Waals surface area contributed by atoms with E-state index >= 15 is 0 Å². The van der Waals surface area contributed by atoms with E-state index in [4.69, 9.17) is 0 Å². The molecular weight excluding hydrogens is 262 g/mol. The van der Waals surface area contributed by atoms with Crippen molar-refractivity contribution in [2.24, 2.45) is 11.8 Å². The van der Waals surface area contributed by atoms with Crippen LogP contribution in [0.2, 0.25) is 0 Å². The molecule has 1 amide bonds. The average molecular weight is 289 g/mol. The Bertz CT molecular complexity index is 453. The predicted molar refractivity (Wildman–Crippen MR) is 86.5 cm³/mol. The molecule has 1 aliphatic carbocycles. The molecule has 2 rings (SSSR count). The first-order chi connectivity index (χ1) is 10.2. The summed E-state index contributed by atoms with van der Waals surface area (Å²) in [6, 6.07) is 3.77. The summed E-state index contributed by atoms with van der Waals surface area (Å²) in [4.78, 5) is 15.9. The maximum Gasteiger partial charge on any atom is 0.269 e. The molecule has 0 atom stereocenters. The molecule has 0 bridgehead atoms. The fourth-order valence-electron chi connectivity index (χ4n) is 3.02. The molecule has 1 aliphatic rings. The summed E-state index contributed by atoms with van der Waals surface area (Å²) < 4.78 is 0. The molecule has 1 heterocycles. The molecule has 1 aromatic heterocycles. The van der Waals surface area contributed by atoms with E-state index in [1.165, 1.54) is 32.1 Å². The van der Waals surface area contributed by atoms with E-state index in [0.717, 1.165) is 24.1 Å². The quantitative estimate of drug-likeness (QED) is 0.843. The van der Waals surface area contributed by atoms with E-state index in [9.17, 15) is 4.79 Å².